The Morgan fingerprint density at radius 2 is 1.81 bits per heavy atom. The first kappa shape index (κ1) is 18.5. The lowest BCUT2D eigenvalue weighted by atomic mass is 10.0. The zero-order valence-corrected chi connectivity index (χ0v) is 13.8. The van der Waals surface area contributed by atoms with Crippen molar-refractivity contribution in [1.82, 2.24) is 15.3 Å². The molecular weight excluding hydrogens is 370 g/mol. The standard InChI is InChI=1S/C17H13F4N3O3/c1-27-15-13(20)11(18)7(12(19)14(15)21)6-10(24-17(25)26)16-22-8-4-2-3-5-9(8)23-16/h2-5,10,24H,6H2,1H3,(H,22,23)(H,25,26). The summed E-state index contributed by atoms with van der Waals surface area (Å²) in [5, 5.41) is 11.1. The molecule has 6 nitrogen and oxygen atoms in total. The third kappa shape index (κ3) is 3.37. The van der Waals surface area contributed by atoms with E-state index >= 15 is 0 Å². The molecule has 0 bridgehead atoms. The van der Waals surface area contributed by atoms with Gasteiger partial charge in [0.25, 0.3) is 0 Å². The number of fused-ring (bicyclic) bond motifs is 1. The van der Waals surface area contributed by atoms with Crippen molar-refractivity contribution in [3.05, 3.63) is 58.9 Å². The molecule has 0 radical (unpaired) electrons. The van der Waals surface area contributed by atoms with Gasteiger partial charge in [0, 0.05) is 12.0 Å². The number of para-hydroxylation sites is 2. The second-order valence-corrected chi connectivity index (χ2v) is 5.61. The minimum absolute atomic E-state index is 0.0361. The number of aromatic amines is 1. The molecule has 27 heavy (non-hydrogen) atoms. The molecule has 3 aromatic rings. The number of carboxylic acid groups (broad SMARTS) is 1. The second-order valence-electron chi connectivity index (χ2n) is 5.61. The van der Waals surface area contributed by atoms with Crippen molar-refractivity contribution in [2.45, 2.75) is 12.5 Å². The van der Waals surface area contributed by atoms with Gasteiger partial charge < -0.3 is 20.1 Å². The number of nitrogens with zero attached hydrogens (tertiary/aromatic N) is 1. The van der Waals surface area contributed by atoms with Crippen molar-refractivity contribution >= 4 is 17.1 Å². The Hall–Kier alpha value is -3.30. The predicted molar refractivity (Wildman–Crippen MR) is 86.5 cm³/mol. The van der Waals surface area contributed by atoms with Crippen molar-refractivity contribution in [2.75, 3.05) is 7.11 Å². The third-order valence-electron chi connectivity index (χ3n) is 3.96. The van der Waals surface area contributed by atoms with Crippen LogP contribution in [0.5, 0.6) is 5.75 Å². The first-order valence-corrected chi connectivity index (χ1v) is 7.66. The lowest BCUT2D eigenvalue weighted by Crippen LogP contribution is -2.30. The van der Waals surface area contributed by atoms with Crippen LogP contribution in [0, 0.1) is 23.3 Å². The fourth-order valence-electron chi connectivity index (χ4n) is 2.72. The maximum Gasteiger partial charge on any atom is 0.405 e. The van der Waals surface area contributed by atoms with Crippen LogP contribution in [-0.4, -0.2) is 28.3 Å². The zero-order valence-electron chi connectivity index (χ0n) is 13.8. The topological polar surface area (TPSA) is 87.2 Å². The molecule has 1 heterocycles. The summed E-state index contributed by atoms with van der Waals surface area (Å²) in [5.74, 6) is -7.90. The average Bonchev–Trinajstić information content (AvgIpc) is 3.07. The van der Waals surface area contributed by atoms with Crippen LogP contribution in [0.25, 0.3) is 11.0 Å². The van der Waals surface area contributed by atoms with Crippen molar-refractivity contribution in [1.29, 1.82) is 0 Å². The largest absolute Gasteiger partial charge is 0.491 e. The summed E-state index contributed by atoms with van der Waals surface area (Å²) in [6.07, 6.45) is -2.22. The number of ether oxygens (including phenoxy) is 1. The van der Waals surface area contributed by atoms with Gasteiger partial charge in [-0.2, -0.15) is 8.78 Å². The first-order valence-electron chi connectivity index (χ1n) is 7.66. The van der Waals surface area contributed by atoms with E-state index in [1.165, 1.54) is 0 Å². The Morgan fingerprint density at radius 3 is 2.37 bits per heavy atom. The molecule has 0 saturated heterocycles. The molecule has 10 heteroatoms. The maximum atomic E-state index is 14.2. The number of rotatable bonds is 5. The molecule has 0 fully saturated rings. The lowest BCUT2D eigenvalue weighted by Gasteiger charge is -2.17. The molecule has 1 unspecified atom stereocenters. The normalized spacial score (nSPS) is 12.2. The Kier molecular flexibility index (Phi) is 4.89. The molecule has 1 amide bonds. The number of benzene rings is 2. The number of carbonyl (C=O) groups is 1. The Balaban J connectivity index is 2.07. The van der Waals surface area contributed by atoms with Crippen molar-refractivity contribution in [3.63, 3.8) is 0 Å². The van der Waals surface area contributed by atoms with Crippen LogP contribution in [0.15, 0.2) is 24.3 Å². The number of hydrogen-bond acceptors (Lipinski definition) is 3. The van der Waals surface area contributed by atoms with E-state index < -0.39 is 53.1 Å². The van der Waals surface area contributed by atoms with Crippen molar-refractivity contribution in [3.8, 4) is 5.75 Å². The molecule has 142 valence electrons. The Bertz CT molecular complexity index is 960. The smallest absolute Gasteiger partial charge is 0.405 e. The monoisotopic (exact) mass is 383 g/mol. The van der Waals surface area contributed by atoms with E-state index in [0.29, 0.717) is 11.0 Å². The second kappa shape index (κ2) is 7.14. The number of H-pyrrole nitrogens is 1. The van der Waals surface area contributed by atoms with Crippen LogP contribution in [0.2, 0.25) is 0 Å². The number of halogens is 4. The fraction of sp³-hybridized carbons (Fsp3) is 0.176. The van der Waals surface area contributed by atoms with Gasteiger partial charge in [-0.25, -0.2) is 18.6 Å². The van der Waals surface area contributed by atoms with Crippen LogP contribution in [0.1, 0.15) is 17.4 Å². The molecule has 3 rings (SSSR count). The number of methoxy groups -OCH3 is 1. The predicted octanol–water partition coefficient (Wildman–Crippen LogP) is 3.68. The van der Waals surface area contributed by atoms with Gasteiger partial charge in [-0.1, -0.05) is 12.1 Å². The van der Waals surface area contributed by atoms with Gasteiger partial charge >= 0.3 is 6.09 Å². The van der Waals surface area contributed by atoms with Gasteiger partial charge in [0.1, 0.15) is 5.82 Å². The molecular formula is C17H13F4N3O3. The number of imidazole rings is 1. The molecule has 0 spiro atoms. The zero-order chi connectivity index (χ0) is 19.7. The van der Waals surface area contributed by atoms with Gasteiger partial charge in [-0.3, -0.25) is 0 Å². The molecule has 0 saturated carbocycles. The molecule has 0 aliphatic carbocycles. The summed E-state index contributed by atoms with van der Waals surface area (Å²) in [6.45, 7) is 0. The van der Waals surface area contributed by atoms with Crippen LogP contribution < -0.4 is 10.1 Å². The summed E-state index contributed by atoms with van der Waals surface area (Å²) >= 11 is 0. The molecule has 0 aliphatic heterocycles. The van der Waals surface area contributed by atoms with Gasteiger partial charge in [0.2, 0.25) is 11.6 Å². The van der Waals surface area contributed by atoms with Crippen LogP contribution in [0.4, 0.5) is 22.4 Å². The number of aromatic nitrogens is 2. The highest BCUT2D eigenvalue weighted by Gasteiger charge is 2.29. The van der Waals surface area contributed by atoms with Crippen LogP contribution in [-0.2, 0) is 6.42 Å². The van der Waals surface area contributed by atoms with Gasteiger partial charge in [-0.15, -0.1) is 0 Å². The third-order valence-corrected chi connectivity index (χ3v) is 3.96. The quantitative estimate of drug-likeness (QED) is 0.463. The minimum atomic E-state index is -1.70. The van der Waals surface area contributed by atoms with E-state index in [0.717, 1.165) is 7.11 Å². The summed E-state index contributed by atoms with van der Waals surface area (Å²) in [7, 11) is 0.864. The van der Waals surface area contributed by atoms with E-state index in [1.54, 1.807) is 24.3 Å². The maximum absolute atomic E-state index is 14.2. The lowest BCUT2D eigenvalue weighted by molar-refractivity contribution is 0.189. The molecule has 1 aromatic heterocycles. The van der Waals surface area contributed by atoms with E-state index in [1.807, 2.05) is 5.32 Å². The van der Waals surface area contributed by atoms with Crippen molar-refractivity contribution < 1.29 is 32.2 Å². The SMILES string of the molecule is COc1c(F)c(F)c(CC(NC(=O)O)c2nc3ccccc3[nH]2)c(F)c1F. The molecule has 2 aromatic carbocycles. The minimum Gasteiger partial charge on any atom is -0.491 e. The van der Waals surface area contributed by atoms with E-state index in [2.05, 4.69) is 14.7 Å². The molecule has 0 aliphatic rings. The average molecular weight is 383 g/mol. The molecule has 1 atom stereocenters. The highest BCUT2D eigenvalue weighted by atomic mass is 19.2. The summed E-state index contributed by atoms with van der Waals surface area (Å²) in [5.41, 5.74) is 0.0699. The van der Waals surface area contributed by atoms with Gasteiger partial charge in [0.05, 0.1) is 24.2 Å². The van der Waals surface area contributed by atoms with Crippen LogP contribution in [0.3, 0.4) is 0 Å². The van der Waals surface area contributed by atoms with Gasteiger partial charge in [-0.05, 0) is 12.1 Å². The Labute approximate surface area is 149 Å². The summed E-state index contributed by atoms with van der Waals surface area (Å²) in [6, 6.07) is 5.42. The van der Waals surface area contributed by atoms with Crippen LogP contribution >= 0.6 is 0 Å². The first-order chi connectivity index (χ1) is 12.8. The van der Waals surface area contributed by atoms with Crippen molar-refractivity contribution in [2.24, 2.45) is 0 Å². The fourth-order valence-corrected chi connectivity index (χ4v) is 2.72. The number of nitrogens with one attached hydrogen (secondary N) is 2. The number of hydrogen-bond donors (Lipinski definition) is 3. The highest BCUT2D eigenvalue weighted by Crippen LogP contribution is 2.32. The highest BCUT2D eigenvalue weighted by molar-refractivity contribution is 5.75. The van der Waals surface area contributed by atoms with E-state index in [9.17, 15) is 22.4 Å². The van der Waals surface area contributed by atoms with E-state index in [-0.39, 0.29) is 5.82 Å². The Morgan fingerprint density at radius 1 is 1.19 bits per heavy atom. The van der Waals surface area contributed by atoms with E-state index in [4.69, 9.17) is 5.11 Å². The molecule has 3 N–H and O–H groups in total. The van der Waals surface area contributed by atoms with Gasteiger partial charge in [0.15, 0.2) is 17.4 Å². The summed E-state index contributed by atoms with van der Waals surface area (Å²) < 4.78 is 60.6. The number of amides is 1. The summed E-state index contributed by atoms with van der Waals surface area (Å²) in [4.78, 5) is 18.1.